The van der Waals surface area contributed by atoms with Crippen LogP contribution in [-0.4, -0.2) is 19.3 Å². The lowest BCUT2D eigenvalue weighted by molar-refractivity contribution is -0.120. The Bertz CT molecular complexity index is 1380. The fourth-order valence-electron chi connectivity index (χ4n) is 3.30. The number of pyridine rings is 1. The number of carbonyl (C=O) groups is 1. The molecule has 0 fully saturated rings. The summed E-state index contributed by atoms with van der Waals surface area (Å²) in [5.41, 5.74) is 3.94. The summed E-state index contributed by atoms with van der Waals surface area (Å²) in [6.07, 6.45) is 1.91. The molecule has 34 heavy (non-hydrogen) atoms. The van der Waals surface area contributed by atoms with E-state index in [4.69, 9.17) is 0 Å². The number of nitrogens with zero attached hydrogens (tertiary/aromatic N) is 1. The standard InChI is InChI=1S/C26H22BrN3O3S/c27-22-7-4-8-25(15-22)34(32,33)30-23-12-9-20(10-13-23)21-11-14-24(28-18-21)16-26(31)29-17-19-5-2-1-3-6-19/h1-15,18,30H,16-17H2,(H,29,31). The molecule has 0 radical (unpaired) electrons. The van der Waals surface area contributed by atoms with Crippen molar-refractivity contribution in [3.05, 3.63) is 113 Å². The second kappa shape index (κ2) is 10.6. The number of rotatable bonds is 8. The predicted molar refractivity (Wildman–Crippen MR) is 137 cm³/mol. The zero-order chi connectivity index (χ0) is 24.0. The fraction of sp³-hybridized carbons (Fsp3) is 0.0769. The number of hydrogen-bond donors (Lipinski definition) is 2. The monoisotopic (exact) mass is 535 g/mol. The summed E-state index contributed by atoms with van der Waals surface area (Å²) in [5.74, 6) is -0.0915. The summed E-state index contributed by atoms with van der Waals surface area (Å²) < 4.78 is 28.5. The molecule has 0 spiro atoms. The molecule has 0 aliphatic heterocycles. The number of anilines is 1. The van der Waals surface area contributed by atoms with Crippen molar-refractivity contribution in [3.8, 4) is 11.1 Å². The molecule has 2 N–H and O–H groups in total. The molecule has 8 heteroatoms. The van der Waals surface area contributed by atoms with E-state index < -0.39 is 10.0 Å². The first-order valence-corrected chi connectivity index (χ1v) is 12.8. The van der Waals surface area contributed by atoms with Crippen LogP contribution in [0, 0.1) is 0 Å². The van der Waals surface area contributed by atoms with Crippen LogP contribution in [0.1, 0.15) is 11.3 Å². The predicted octanol–water partition coefficient (Wildman–Crippen LogP) is 5.17. The minimum atomic E-state index is -3.68. The van der Waals surface area contributed by atoms with Gasteiger partial charge in [0.2, 0.25) is 5.91 Å². The van der Waals surface area contributed by atoms with Crippen LogP contribution in [0.4, 0.5) is 5.69 Å². The topological polar surface area (TPSA) is 88.2 Å². The van der Waals surface area contributed by atoms with Crippen molar-refractivity contribution < 1.29 is 13.2 Å². The summed E-state index contributed by atoms with van der Waals surface area (Å²) in [4.78, 5) is 16.8. The summed E-state index contributed by atoms with van der Waals surface area (Å²) in [7, 11) is -3.68. The molecule has 1 aromatic heterocycles. The maximum atomic E-state index is 12.6. The van der Waals surface area contributed by atoms with E-state index in [1.165, 1.54) is 6.07 Å². The third kappa shape index (κ3) is 6.30. The number of aromatic nitrogens is 1. The highest BCUT2D eigenvalue weighted by Crippen LogP contribution is 2.23. The van der Waals surface area contributed by atoms with Gasteiger partial charge in [0.05, 0.1) is 11.3 Å². The number of benzene rings is 3. The van der Waals surface area contributed by atoms with Crippen molar-refractivity contribution in [2.75, 3.05) is 4.72 Å². The molecule has 6 nitrogen and oxygen atoms in total. The zero-order valence-electron chi connectivity index (χ0n) is 18.1. The minimum absolute atomic E-state index is 0.0915. The molecule has 0 saturated heterocycles. The van der Waals surface area contributed by atoms with Crippen LogP contribution in [0.5, 0.6) is 0 Å². The van der Waals surface area contributed by atoms with Gasteiger partial charge in [-0.1, -0.05) is 70.5 Å². The number of carbonyl (C=O) groups excluding carboxylic acids is 1. The van der Waals surface area contributed by atoms with E-state index in [-0.39, 0.29) is 17.2 Å². The van der Waals surface area contributed by atoms with Gasteiger partial charge in [0.1, 0.15) is 0 Å². The van der Waals surface area contributed by atoms with Gasteiger partial charge in [-0.25, -0.2) is 8.42 Å². The lowest BCUT2D eigenvalue weighted by Crippen LogP contribution is -2.24. The first-order chi connectivity index (χ1) is 16.4. The Morgan fingerprint density at radius 1 is 0.853 bits per heavy atom. The number of nitrogens with one attached hydrogen (secondary N) is 2. The van der Waals surface area contributed by atoms with Crippen LogP contribution in [0.15, 0.2) is 107 Å². The Morgan fingerprint density at radius 2 is 1.59 bits per heavy atom. The molecular weight excluding hydrogens is 514 g/mol. The number of halogens is 1. The average Bonchev–Trinajstić information content (AvgIpc) is 2.84. The Hall–Kier alpha value is -3.49. The number of hydrogen-bond acceptors (Lipinski definition) is 4. The van der Waals surface area contributed by atoms with Crippen LogP contribution in [-0.2, 0) is 27.8 Å². The third-order valence-corrected chi connectivity index (χ3v) is 6.95. The van der Waals surface area contributed by atoms with Crippen LogP contribution < -0.4 is 10.0 Å². The molecule has 0 saturated carbocycles. The zero-order valence-corrected chi connectivity index (χ0v) is 20.5. The van der Waals surface area contributed by atoms with Gasteiger partial charge < -0.3 is 5.32 Å². The SMILES string of the molecule is O=C(Cc1ccc(-c2ccc(NS(=O)(=O)c3cccc(Br)c3)cc2)cn1)NCc1ccccc1. The maximum Gasteiger partial charge on any atom is 0.261 e. The highest BCUT2D eigenvalue weighted by Gasteiger charge is 2.14. The summed E-state index contributed by atoms with van der Waals surface area (Å²) in [6.45, 7) is 0.482. The van der Waals surface area contributed by atoms with E-state index in [9.17, 15) is 13.2 Å². The van der Waals surface area contributed by atoms with Crippen molar-refractivity contribution in [1.82, 2.24) is 10.3 Å². The van der Waals surface area contributed by atoms with Gasteiger partial charge in [0.25, 0.3) is 10.0 Å². The van der Waals surface area contributed by atoms with Crippen molar-refractivity contribution in [1.29, 1.82) is 0 Å². The largest absolute Gasteiger partial charge is 0.352 e. The summed E-state index contributed by atoms with van der Waals surface area (Å²) in [6, 6.07) is 27.0. The van der Waals surface area contributed by atoms with Gasteiger partial charge in [-0.2, -0.15) is 0 Å². The van der Waals surface area contributed by atoms with Crippen LogP contribution in [0.2, 0.25) is 0 Å². The molecule has 4 aromatic rings. The quantitative estimate of drug-likeness (QED) is 0.325. The van der Waals surface area contributed by atoms with Crippen molar-refractivity contribution in [2.45, 2.75) is 17.9 Å². The van der Waals surface area contributed by atoms with Gasteiger partial charge in [-0.05, 0) is 47.5 Å². The van der Waals surface area contributed by atoms with Gasteiger partial charge in [0, 0.05) is 34.2 Å². The van der Waals surface area contributed by atoms with E-state index in [2.05, 4.69) is 31.0 Å². The Morgan fingerprint density at radius 3 is 2.26 bits per heavy atom. The molecular formula is C26H22BrN3O3S. The smallest absolute Gasteiger partial charge is 0.261 e. The second-order valence-electron chi connectivity index (χ2n) is 7.62. The normalized spacial score (nSPS) is 11.1. The summed E-state index contributed by atoms with van der Waals surface area (Å²) in [5, 5.41) is 2.90. The van der Waals surface area contributed by atoms with Crippen molar-refractivity contribution in [2.24, 2.45) is 0 Å². The minimum Gasteiger partial charge on any atom is -0.352 e. The summed E-state index contributed by atoms with van der Waals surface area (Å²) >= 11 is 3.29. The number of amides is 1. The molecule has 0 atom stereocenters. The van der Waals surface area contributed by atoms with Gasteiger partial charge in [0.15, 0.2) is 0 Å². The molecule has 0 unspecified atom stereocenters. The fourth-order valence-corrected chi connectivity index (χ4v) is 4.96. The van der Waals surface area contributed by atoms with E-state index >= 15 is 0 Å². The van der Waals surface area contributed by atoms with Crippen LogP contribution >= 0.6 is 15.9 Å². The van der Waals surface area contributed by atoms with E-state index in [1.807, 2.05) is 54.6 Å². The average molecular weight is 536 g/mol. The first kappa shape index (κ1) is 23.7. The van der Waals surface area contributed by atoms with Crippen LogP contribution in [0.25, 0.3) is 11.1 Å². The van der Waals surface area contributed by atoms with Gasteiger partial charge in [-0.3, -0.25) is 14.5 Å². The molecule has 0 aliphatic rings. The molecule has 1 heterocycles. The highest BCUT2D eigenvalue weighted by atomic mass is 79.9. The third-order valence-electron chi connectivity index (χ3n) is 5.08. The second-order valence-corrected chi connectivity index (χ2v) is 10.2. The van der Waals surface area contributed by atoms with E-state index in [0.29, 0.717) is 22.4 Å². The van der Waals surface area contributed by atoms with E-state index in [0.717, 1.165) is 16.7 Å². The molecule has 0 bridgehead atoms. The maximum absolute atomic E-state index is 12.6. The molecule has 1 amide bonds. The Balaban J connectivity index is 1.36. The van der Waals surface area contributed by atoms with E-state index in [1.54, 1.807) is 36.5 Å². The molecule has 3 aromatic carbocycles. The van der Waals surface area contributed by atoms with Crippen molar-refractivity contribution in [3.63, 3.8) is 0 Å². The van der Waals surface area contributed by atoms with Crippen LogP contribution in [0.3, 0.4) is 0 Å². The Kier molecular flexibility index (Phi) is 7.40. The van der Waals surface area contributed by atoms with Gasteiger partial charge >= 0.3 is 0 Å². The number of sulfonamides is 1. The molecule has 172 valence electrons. The lowest BCUT2D eigenvalue weighted by Gasteiger charge is -2.10. The lowest BCUT2D eigenvalue weighted by atomic mass is 10.1. The molecule has 0 aliphatic carbocycles. The molecule has 4 rings (SSSR count). The Labute approximate surface area is 207 Å². The highest BCUT2D eigenvalue weighted by molar-refractivity contribution is 9.10. The first-order valence-electron chi connectivity index (χ1n) is 10.5. The van der Waals surface area contributed by atoms with Crippen molar-refractivity contribution >= 4 is 37.5 Å². The van der Waals surface area contributed by atoms with Gasteiger partial charge in [-0.15, -0.1) is 0 Å².